The summed E-state index contributed by atoms with van der Waals surface area (Å²) < 4.78 is 10.9. The van der Waals surface area contributed by atoms with E-state index in [1.54, 1.807) is 0 Å². The molecular weight excluding hydrogens is 574 g/mol. The maximum atomic E-state index is 7.91. The van der Waals surface area contributed by atoms with Crippen LogP contribution in [0, 0.1) is 6.57 Å². The van der Waals surface area contributed by atoms with Gasteiger partial charge in [0.05, 0.1) is 28.6 Å². The second-order valence-electron chi connectivity index (χ2n) is 12.1. The summed E-state index contributed by atoms with van der Waals surface area (Å²) in [5.74, 6) is 0. The monoisotopic (exact) mass is 599 g/mol. The molecule has 218 valence electrons. The van der Waals surface area contributed by atoms with E-state index in [0.29, 0.717) is 5.69 Å². The number of aromatic nitrogens is 2. The van der Waals surface area contributed by atoms with Crippen LogP contribution in [-0.4, -0.2) is 9.13 Å². The van der Waals surface area contributed by atoms with Gasteiger partial charge in [0.15, 0.2) is 0 Å². The van der Waals surface area contributed by atoms with Crippen molar-refractivity contribution in [3.05, 3.63) is 163 Å². The van der Waals surface area contributed by atoms with Crippen LogP contribution in [-0.2, 0) is 0 Å². The van der Waals surface area contributed by atoms with Crippen molar-refractivity contribution in [1.29, 1.82) is 0 Å². The van der Waals surface area contributed by atoms with Gasteiger partial charge in [0.25, 0.3) is 0 Å². The molecule has 0 N–H and O–H groups in total. The standard InChI is InChI=1S/C43H25N3O/c1-44-37-16-9-15-34-33-14-4-7-19-40(33)46(43(34)37)30-21-23-42-36(26-30)35-25-28(20-22-41(35)47-42)27-10-8-11-29(24-27)45-38-17-5-2-12-31(38)32-13-3-6-18-39(32)45/h2-26H. The predicted octanol–water partition coefficient (Wildman–Crippen LogP) is 12.0. The third-order valence-corrected chi connectivity index (χ3v) is 9.52. The van der Waals surface area contributed by atoms with Gasteiger partial charge in [-0.25, -0.2) is 4.85 Å². The van der Waals surface area contributed by atoms with Crippen LogP contribution in [0.3, 0.4) is 0 Å². The van der Waals surface area contributed by atoms with E-state index in [9.17, 15) is 0 Å². The highest BCUT2D eigenvalue weighted by atomic mass is 16.3. The summed E-state index contributed by atoms with van der Waals surface area (Å²) in [4.78, 5) is 3.90. The highest BCUT2D eigenvalue weighted by molar-refractivity contribution is 6.14. The molecule has 0 bridgehead atoms. The topological polar surface area (TPSA) is 27.4 Å². The maximum absolute atomic E-state index is 7.91. The Morgan fingerprint density at radius 2 is 0.979 bits per heavy atom. The van der Waals surface area contributed by atoms with Crippen LogP contribution in [0.5, 0.6) is 0 Å². The van der Waals surface area contributed by atoms with Crippen molar-refractivity contribution in [3.8, 4) is 22.5 Å². The Morgan fingerprint density at radius 1 is 0.426 bits per heavy atom. The summed E-state index contributed by atoms with van der Waals surface area (Å²) in [6, 6.07) is 53.2. The van der Waals surface area contributed by atoms with E-state index >= 15 is 0 Å². The molecule has 0 saturated heterocycles. The van der Waals surface area contributed by atoms with Gasteiger partial charge in [-0.2, -0.15) is 0 Å². The Hall–Kier alpha value is -6.57. The molecule has 4 heteroatoms. The highest BCUT2D eigenvalue weighted by Gasteiger charge is 2.17. The summed E-state index contributed by atoms with van der Waals surface area (Å²) in [6.45, 7) is 7.91. The Kier molecular flexibility index (Phi) is 5.32. The molecule has 0 radical (unpaired) electrons. The second-order valence-corrected chi connectivity index (χ2v) is 12.1. The van der Waals surface area contributed by atoms with Crippen LogP contribution in [0.2, 0.25) is 0 Å². The van der Waals surface area contributed by atoms with Crippen LogP contribution < -0.4 is 0 Å². The molecule has 0 saturated carbocycles. The van der Waals surface area contributed by atoms with Gasteiger partial charge < -0.3 is 13.6 Å². The second kappa shape index (κ2) is 9.71. The Morgan fingerprint density at radius 3 is 1.70 bits per heavy atom. The third-order valence-electron chi connectivity index (χ3n) is 9.52. The van der Waals surface area contributed by atoms with Crippen molar-refractivity contribution in [3.63, 3.8) is 0 Å². The first-order valence-corrected chi connectivity index (χ1v) is 15.7. The molecule has 0 aliphatic carbocycles. The molecular formula is C43H25N3O. The zero-order chi connectivity index (χ0) is 31.1. The first-order valence-electron chi connectivity index (χ1n) is 15.7. The average molecular weight is 600 g/mol. The van der Waals surface area contributed by atoms with Crippen molar-refractivity contribution in [2.75, 3.05) is 0 Å². The van der Waals surface area contributed by atoms with E-state index < -0.39 is 0 Å². The van der Waals surface area contributed by atoms with Gasteiger partial charge in [0.2, 0.25) is 5.69 Å². The molecule has 4 nitrogen and oxygen atoms in total. The number of para-hydroxylation sites is 4. The average Bonchev–Trinajstić information content (AvgIpc) is 3.79. The Labute approximate surface area is 269 Å². The van der Waals surface area contributed by atoms with E-state index in [1.165, 1.54) is 21.8 Å². The van der Waals surface area contributed by atoms with Gasteiger partial charge >= 0.3 is 0 Å². The fraction of sp³-hybridized carbons (Fsp3) is 0. The van der Waals surface area contributed by atoms with Crippen LogP contribution in [0.25, 0.3) is 92.9 Å². The number of nitrogens with zero attached hydrogens (tertiary/aromatic N) is 3. The number of furan rings is 1. The van der Waals surface area contributed by atoms with Gasteiger partial charge in [-0.1, -0.05) is 91.0 Å². The number of rotatable bonds is 3. The molecule has 0 unspecified atom stereocenters. The highest BCUT2D eigenvalue weighted by Crippen LogP contribution is 2.40. The molecule has 0 fully saturated rings. The lowest BCUT2D eigenvalue weighted by Gasteiger charge is -2.10. The fourth-order valence-electron chi connectivity index (χ4n) is 7.47. The minimum Gasteiger partial charge on any atom is -0.456 e. The van der Waals surface area contributed by atoms with Crippen LogP contribution in [0.4, 0.5) is 5.69 Å². The molecule has 0 amide bonds. The molecule has 10 aromatic rings. The van der Waals surface area contributed by atoms with Crippen molar-refractivity contribution in [2.24, 2.45) is 0 Å². The zero-order valence-electron chi connectivity index (χ0n) is 25.2. The number of fused-ring (bicyclic) bond motifs is 9. The lowest BCUT2D eigenvalue weighted by atomic mass is 10.0. The lowest BCUT2D eigenvalue weighted by Crippen LogP contribution is -1.94. The SMILES string of the molecule is [C-]#[N+]c1cccc2c3ccccc3n(-c3ccc4oc5ccc(-c6cccc(-n7c8ccccc8c8ccccc87)c6)cc5c4c3)c12. The zero-order valence-corrected chi connectivity index (χ0v) is 25.2. The summed E-state index contributed by atoms with van der Waals surface area (Å²) in [7, 11) is 0. The van der Waals surface area contributed by atoms with E-state index in [1.807, 2.05) is 18.2 Å². The van der Waals surface area contributed by atoms with E-state index in [-0.39, 0.29) is 0 Å². The molecule has 47 heavy (non-hydrogen) atoms. The molecule has 3 heterocycles. The molecule has 0 spiro atoms. The summed E-state index contributed by atoms with van der Waals surface area (Å²) >= 11 is 0. The molecule has 0 atom stereocenters. The van der Waals surface area contributed by atoms with E-state index in [2.05, 4.69) is 147 Å². The normalized spacial score (nSPS) is 11.8. The number of hydrogen-bond acceptors (Lipinski definition) is 1. The van der Waals surface area contributed by atoms with E-state index in [0.717, 1.165) is 66.2 Å². The van der Waals surface area contributed by atoms with Crippen molar-refractivity contribution >= 4 is 71.2 Å². The number of hydrogen-bond donors (Lipinski definition) is 0. The van der Waals surface area contributed by atoms with Gasteiger partial charge in [-0.15, -0.1) is 0 Å². The smallest absolute Gasteiger partial charge is 0.211 e. The summed E-state index contributed by atoms with van der Waals surface area (Å²) in [6.07, 6.45) is 0. The van der Waals surface area contributed by atoms with Gasteiger partial charge in [0.1, 0.15) is 11.2 Å². The summed E-state index contributed by atoms with van der Waals surface area (Å²) in [5.41, 5.74) is 11.1. The predicted molar refractivity (Wildman–Crippen MR) is 194 cm³/mol. The van der Waals surface area contributed by atoms with Crippen LogP contribution in [0.1, 0.15) is 0 Å². The van der Waals surface area contributed by atoms with Crippen molar-refractivity contribution < 1.29 is 4.42 Å². The maximum Gasteiger partial charge on any atom is 0.211 e. The van der Waals surface area contributed by atoms with Gasteiger partial charge in [-0.3, -0.25) is 0 Å². The van der Waals surface area contributed by atoms with Gasteiger partial charge in [0, 0.05) is 38.3 Å². The number of benzene rings is 7. The van der Waals surface area contributed by atoms with E-state index in [4.69, 9.17) is 11.0 Å². The fourth-order valence-corrected chi connectivity index (χ4v) is 7.47. The molecule has 10 rings (SSSR count). The minimum absolute atomic E-state index is 0.640. The van der Waals surface area contributed by atoms with Gasteiger partial charge in [-0.05, 0) is 77.2 Å². The summed E-state index contributed by atoms with van der Waals surface area (Å²) in [5, 5.41) is 6.83. The third kappa shape index (κ3) is 3.69. The van der Waals surface area contributed by atoms with Crippen LogP contribution >= 0.6 is 0 Å². The molecule has 3 aromatic heterocycles. The van der Waals surface area contributed by atoms with Crippen molar-refractivity contribution in [1.82, 2.24) is 9.13 Å². The minimum atomic E-state index is 0.640. The molecule has 0 aliphatic heterocycles. The van der Waals surface area contributed by atoms with Crippen LogP contribution in [0.15, 0.2) is 156 Å². The first-order chi connectivity index (χ1) is 23.3. The first kappa shape index (κ1) is 25.7. The van der Waals surface area contributed by atoms with Crippen molar-refractivity contribution in [2.45, 2.75) is 0 Å². The lowest BCUT2D eigenvalue weighted by molar-refractivity contribution is 0.669. The Bertz CT molecular complexity index is 2880. The largest absolute Gasteiger partial charge is 0.456 e. The molecule has 0 aliphatic rings. The Balaban J connectivity index is 1.16. The quantitative estimate of drug-likeness (QED) is 0.186. The molecule has 7 aromatic carbocycles.